The summed E-state index contributed by atoms with van der Waals surface area (Å²) in [6.45, 7) is 4.37. The average molecular weight is 369 g/mol. The molecule has 2 aromatic rings. The summed E-state index contributed by atoms with van der Waals surface area (Å²) in [4.78, 5) is 24.1. The molecule has 2 aromatic carbocycles. The first kappa shape index (κ1) is 20.5. The fourth-order valence-corrected chi connectivity index (χ4v) is 2.55. The summed E-state index contributed by atoms with van der Waals surface area (Å²) in [5, 5.41) is 2.81. The highest BCUT2D eigenvalue weighted by molar-refractivity contribution is 5.91. The minimum atomic E-state index is -0.532. The van der Waals surface area contributed by atoms with Crippen LogP contribution in [0.3, 0.4) is 0 Å². The van der Waals surface area contributed by atoms with E-state index in [1.165, 1.54) is 0 Å². The Morgan fingerprint density at radius 1 is 1.00 bits per heavy atom. The number of amides is 1. The largest absolute Gasteiger partial charge is 0.494 e. The molecule has 1 amide bonds. The summed E-state index contributed by atoms with van der Waals surface area (Å²) in [7, 11) is 0. The standard InChI is InChI=1S/C22H27NO4/c1-3-4-8-15-26-20-13-11-19(12-14-20)22(25)27-16-21(24)23-17(2)18-9-6-5-7-10-18/h5-7,9-14,17H,3-4,8,15-16H2,1-2H3,(H,23,24)/t17-/m1/s1. The van der Waals surface area contributed by atoms with Crippen LogP contribution in [0, 0.1) is 0 Å². The Bertz CT molecular complexity index is 713. The lowest BCUT2D eigenvalue weighted by molar-refractivity contribution is -0.124. The molecule has 0 radical (unpaired) electrons. The Hall–Kier alpha value is -2.82. The van der Waals surface area contributed by atoms with Crippen LogP contribution in [0.1, 0.15) is 55.1 Å². The third kappa shape index (κ3) is 7.13. The summed E-state index contributed by atoms with van der Waals surface area (Å²) in [5.41, 5.74) is 1.38. The molecule has 0 bridgehead atoms. The molecule has 5 nitrogen and oxygen atoms in total. The van der Waals surface area contributed by atoms with Gasteiger partial charge in [-0.05, 0) is 43.2 Å². The van der Waals surface area contributed by atoms with Gasteiger partial charge in [-0.3, -0.25) is 4.79 Å². The smallest absolute Gasteiger partial charge is 0.338 e. The fourth-order valence-electron chi connectivity index (χ4n) is 2.55. The summed E-state index contributed by atoms with van der Waals surface area (Å²) in [6.07, 6.45) is 3.29. The number of carbonyl (C=O) groups excluding carboxylic acids is 2. The average Bonchev–Trinajstić information content (AvgIpc) is 2.70. The molecule has 0 aliphatic heterocycles. The van der Waals surface area contributed by atoms with Gasteiger partial charge in [0.2, 0.25) is 0 Å². The van der Waals surface area contributed by atoms with E-state index in [1.54, 1.807) is 24.3 Å². The maximum absolute atomic E-state index is 12.1. The van der Waals surface area contributed by atoms with E-state index in [1.807, 2.05) is 37.3 Å². The van der Waals surface area contributed by atoms with Crippen LogP contribution in [0.4, 0.5) is 0 Å². The fraction of sp³-hybridized carbons (Fsp3) is 0.364. The number of rotatable bonds is 10. The van der Waals surface area contributed by atoms with E-state index in [-0.39, 0.29) is 18.6 Å². The second kappa shape index (κ2) is 11.0. The van der Waals surface area contributed by atoms with Crippen LogP contribution in [0.5, 0.6) is 5.75 Å². The minimum absolute atomic E-state index is 0.151. The number of nitrogens with one attached hydrogen (secondary N) is 1. The van der Waals surface area contributed by atoms with Crippen molar-refractivity contribution in [3.63, 3.8) is 0 Å². The molecule has 27 heavy (non-hydrogen) atoms. The molecule has 0 unspecified atom stereocenters. The molecule has 0 heterocycles. The number of hydrogen-bond donors (Lipinski definition) is 1. The lowest BCUT2D eigenvalue weighted by Crippen LogP contribution is -2.31. The van der Waals surface area contributed by atoms with Crippen molar-refractivity contribution in [1.82, 2.24) is 5.32 Å². The number of unbranched alkanes of at least 4 members (excludes halogenated alkanes) is 2. The zero-order chi connectivity index (χ0) is 19.5. The molecule has 0 saturated heterocycles. The first-order chi connectivity index (χ1) is 13.1. The Morgan fingerprint density at radius 2 is 1.70 bits per heavy atom. The van der Waals surface area contributed by atoms with Crippen molar-refractivity contribution < 1.29 is 19.1 Å². The van der Waals surface area contributed by atoms with Crippen molar-refractivity contribution in [2.24, 2.45) is 0 Å². The summed E-state index contributed by atoms with van der Waals surface area (Å²) in [5.74, 6) is -0.150. The van der Waals surface area contributed by atoms with Crippen LogP contribution in [-0.4, -0.2) is 25.1 Å². The predicted molar refractivity (Wildman–Crippen MR) is 105 cm³/mol. The molecule has 0 saturated carbocycles. The van der Waals surface area contributed by atoms with Crippen LogP contribution in [0.25, 0.3) is 0 Å². The Kier molecular flexibility index (Phi) is 8.36. The summed E-state index contributed by atoms with van der Waals surface area (Å²) in [6, 6.07) is 16.2. The molecule has 1 atom stereocenters. The number of ether oxygens (including phenoxy) is 2. The van der Waals surface area contributed by atoms with E-state index in [0.717, 1.165) is 30.6 Å². The molecule has 0 aliphatic carbocycles. The SMILES string of the molecule is CCCCCOc1ccc(C(=O)OCC(=O)N[C@H](C)c2ccccc2)cc1. The molecule has 0 spiro atoms. The summed E-state index contributed by atoms with van der Waals surface area (Å²) < 4.78 is 10.7. The zero-order valence-corrected chi connectivity index (χ0v) is 15.9. The molecule has 1 N–H and O–H groups in total. The second-order valence-corrected chi connectivity index (χ2v) is 6.36. The van der Waals surface area contributed by atoms with Gasteiger partial charge in [-0.2, -0.15) is 0 Å². The number of carbonyl (C=O) groups is 2. The van der Waals surface area contributed by atoms with Crippen LogP contribution in [0.15, 0.2) is 54.6 Å². The van der Waals surface area contributed by atoms with E-state index >= 15 is 0 Å². The van der Waals surface area contributed by atoms with Gasteiger partial charge >= 0.3 is 5.97 Å². The van der Waals surface area contributed by atoms with Gasteiger partial charge in [0.1, 0.15) is 5.75 Å². The highest BCUT2D eigenvalue weighted by Gasteiger charge is 2.13. The Labute approximate surface area is 160 Å². The molecule has 0 aliphatic rings. The highest BCUT2D eigenvalue weighted by atomic mass is 16.5. The topological polar surface area (TPSA) is 64.6 Å². The van der Waals surface area contributed by atoms with Crippen molar-refractivity contribution >= 4 is 11.9 Å². The predicted octanol–water partition coefficient (Wildman–Crippen LogP) is 4.29. The first-order valence-corrected chi connectivity index (χ1v) is 9.34. The summed E-state index contributed by atoms with van der Waals surface area (Å²) >= 11 is 0. The van der Waals surface area contributed by atoms with Crippen LogP contribution in [0.2, 0.25) is 0 Å². The molecular formula is C22H27NO4. The van der Waals surface area contributed by atoms with E-state index in [0.29, 0.717) is 12.2 Å². The molecule has 0 aromatic heterocycles. The molecule has 5 heteroatoms. The van der Waals surface area contributed by atoms with Crippen molar-refractivity contribution in [2.75, 3.05) is 13.2 Å². The maximum Gasteiger partial charge on any atom is 0.338 e. The van der Waals surface area contributed by atoms with Gasteiger partial charge < -0.3 is 14.8 Å². The van der Waals surface area contributed by atoms with Crippen LogP contribution >= 0.6 is 0 Å². The molecule has 144 valence electrons. The van der Waals surface area contributed by atoms with Gasteiger partial charge in [-0.25, -0.2) is 4.79 Å². The molecule has 0 fully saturated rings. The highest BCUT2D eigenvalue weighted by Crippen LogP contribution is 2.14. The number of esters is 1. The van der Waals surface area contributed by atoms with Crippen molar-refractivity contribution in [2.45, 2.75) is 39.2 Å². The van der Waals surface area contributed by atoms with E-state index in [9.17, 15) is 9.59 Å². The maximum atomic E-state index is 12.1. The normalized spacial score (nSPS) is 11.5. The van der Waals surface area contributed by atoms with Crippen LogP contribution < -0.4 is 10.1 Å². The Morgan fingerprint density at radius 3 is 2.37 bits per heavy atom. The zero-order valence-electron chi connectivity index (χ0n) is 15.9. The molecular weight excluding hydrogens is 342 g/mol. The van der Waals surface area contributed by atoms with E-state index < -0.39 is 5.97 Å². The van der Waals surface area contributed by atoms with Crippen molar-refractivity contribution in [1.29, 1.82) is 0 Å². The van der Waals surface area contributed by atoms with Gasteiger partial charge in [0, 0.05) is 0 Å². The minimum Gasteiger partial charge on any atom is -0.494 e. The lowest BCUT2D eigenvalue weighted by atomic mass is 10.1. The second-order valence-electron chi connectivity index (χ2n) is 6.36. The van der Waals surface area contributed by atoms with Gasteiger partial charge in [-0.15, -0.1) is 0 Å². The van der Waals surface area contributed by atoms with Gasteiger partial charge in [0.15, 0.2) is 6.61 Å². The quantitative estimate of drug-likeness (QED) is 0.501. The first-order valence-electron chi connectivity index (χ1n) is 9.34. The monoisotopic (exact) mass is 369 g/mol. The van der Waals surface area contributed by atoms with Crippen LogP contribution in [-0.2, 0) is 9.53 Å². The van der Waals surface area contributed by atoms with Crippen molar-refractivity contribution in [3.05, 3.63) is 65.7 Å². The molecule has 2 rings (SSSR count). The van der Waals surface area contributed by atoms with E-state index in [2.05, 4.69) is 12.2 Å². The van der Waals surface area contributed by atoms with E-state index in [4.69, 9.17) is 9.47 Å². The van der Waals surface area contributed by atoms with Crippen molar-refractivity contribution in [3.8, 4) is 5.75 Å². The third-order valence-electron chi connectivity index (χ3n) is 4.12. The third-order valence-corrected chi connectivity index (χ3v) is 4.12. The Balaban J connectivity index is 1.75. The lowest BCUT2D eigenvalue weighted by Gasteiger charge is -2.14. The number of hydrogen-bond acceptors (Lipinski definition) is 4. The van der Waals surface area contributed by atoms with Gasteiger partial charge in [-0.1, -0.05) is 50.1 Å². The number of benzene rings is 2. The van der Waals surface area contributed by atoms with Gasteiger partial charge in [0.25, 0.3) is 5.91 Å². The van der Waals surface area contributed by atoms with Gasteiger partial charge in [0.05, 0.1) is 18.2 Å².